The molecule has 2 N–H and O–H groups in total. The fourth-order valence-corrected chi connectivity index (χ4v) is 2.37. The van der Waals surface area contributed by atoms with E-state index in [1.165, 1.54) is 11.3 Å². The van der Waals surface area contributed by atoms with Gasteiger partial charge < -0.3 is 15.3 Å². The van der Waals surface area contributed by atoms with Crippen molar-refractivity contribution >= 4 is 5.69 Å². The van der Waals surface area contributed by atoms with E-state index in [0.717, 1.165) is 25.1 Å². The third-order valence-corrected chi connectivity index (χ3v) is 3.24. The Hall–Kier alpha value is -1.22. The van der Waals surface area contributed by atoms with Crippen LogP contribution in [0.1, 0.15) is 23.5 Å². The first kappa shape index (κ1) is 11.3. The van der Waals surface area contributed by atoms with E-state index in [1.807, 2.05) is 19.1 Å². The molecule has 0 spiro atoms. The van der Waals surface area contributed by atoms with Crippen LogP contribution in [-0.4, -0.2) is 37.2 Å². The Morgan fingerprint density at radius 1 is 1.44 bits per heavy atom. The summed E-state index contributed by atoms with van der Waals surface area (Å²) in [5.74, 6) is 0.915. The van der Waals surface area contributed by atoms with E-state index in [-0.39, 0.29) is 0 Å². The lowest BCUT2D eigenvalue weighted by Crippen LogP contribution is -2.16. The SMILES string of the molecule is Cc1cc(O)cc2c1NC[C@H]2CCN(C)C. The van der Waals surface area contributed by atoms with Crippen LogP contribution in [0.25, 0.3) is 0 Å². The minimum Gasteiger partial charge on any atom is -0.508 e. The van der Waals surface area contributed by atoms with Crippen LogP contribution in [0.3, 0.4) is 0 Å². The van der Waals surface area contributed by atoms with E-state index in [1.54, 1.807) is 0 Å². The van der Waals surface area contributed by atoms with Crippen LogP contribution in [0, 0.1) is 6.92 Å². The molecule has 3 heteroatoms. The van der Waals surface area contributed by atoms with Gasteiger partial charge in [0, 0.05) is 18.2 Å². The van der Waals surface area contributed by atoms with Crippen molar-refractivity contribution in [2.45, 2.75) is 19.3 Å². The molecule has 0 radical (unpaired) electrons. The molecule has 0 saturated carbocycles. The number of hydrogen-bond donors (Lipinski definition) is 2. The average molecular weight is 220 g/mol. The molecule has 0 fully saturated rings. The second kappa shape index (κ2) is 4.34. The molecule has 1 aromatic rings. The monoisotopic (exact) mass is 220 g/mol. The van der Waals surface area contributed by atoms with Crippen LogP contribution < -0.4 is 5.32 Å². The quantitative estimate of drug-likeness (QED) is 0.766. The van der Waals surface area contributed by atoms with Crippen LogP contribution in [0.4, 0.5) is 5.69 Å². The summed E-state index contributed by atoms with van der Waals surface area (Å²) < 4.78 is 0. The first-order valence-electron chi connectivity index (χ1n) is 5.80. The Bertz CT molecular complexity index is 388. The summed E-state index contributed by atoms with van der Waals surface area (Å²) >= 11 is 0. The number of phenols is 1. The predicted octanol–water partition coefficient (Wildman–Crippen LogP) is 2.16. The standard InChI is InChI=1S/C13H20N2O/c1-9-6-11(16)7-12-10(4-5-15(2)3)8-14-13(9)12/h6-7,10,14,16H,4-5,8H2,1-3H3/t10-/m1/s1. The molecule has 0 unspecified atom stereocenters. The zero-order valence-corrected chi connectivity index (χ0v) is 10.2. The summed E-state index contributed by atoms with van der Waals surface area (Å²) in [4.78, 5) is 2.20. The molecule has 1 aromatic carbocycles. The fourth-order valence-electron chi connectivity index (χ4n) is 2.37. The van der Waals surface area contributed by atoms with Crippen molar-refractivity contribution < 1.29 is 5.11 Å². The van der Waals surface area contributed by atoms with Gasteiger partial charge in [0.2, 0.25) is 0 Å². The maximum absolute atomic E-state index is 9.63. The topological polar surface area (TPSA) is 35.5 Å². The molecule has 0 bridgehead atoms. The van der Waals surface area contributed by atoms with Gasteiger partial charge in [-0.3, -0.25) is 0 Å². The van der Waals surface area contributed by atoms with Crippen LogP contribution in [0.2, 0.25) is 0 Å². The van der Waals surface area contributed by atoms with Crippen molar-refractivity contribution in [3.8, 4) is 5.75 Å². The zero-order valence-electron chi connectivity index (χ0n) is 10.2. The molecule has 0 saturated heterocycles. The molecule has 88 valence electrons. The average Bonchev–Trinajstić information content (AvgIpc) is 2.58. The van der Waals surface area contributed by atoms with Crippen LogP contribution >= 0.6 is 0 Å². The zero-order chi connectivity index (χ0) is 11.7. The molecule has 0 aromatic heterocycles. The highest BCUT2D eigenvalue weighted by atomic mass is 16.3. The van der Waals surface area contributed by atoms with Gasteiger partial charge in [0.05, 0.1) is 0 Å². The molecular formula is C13H20N2O. The van der Waals surface area contributed by atoms with Gasteiger partial charge in [0.15, 0.2) is 0 Å². The van der Waals surface area contributed by atoms with Gasteiger partial charge in [0.25, 0.3) is 0 Å². The molecule has 1 aliphatic rings. The van der Waals surface area contributed by atoms with Gasteiger partial charge >= 0.3 is 0 Å². The minimum absolute atomic E-state index is 0.384. The summed E-state index contributed by atoms with van der Waals surface area (Å²) in [5.41, 5.74) is 3.64. The maximum Gasteiger partial charge on any atom is 0.116 e. The Kier molecular flexibility index (Phi) is 3.06. The first-order chi connectivity index (χ1) is 7.58. The molecule has 1 heterocycles. The second-order valence-electron chi connectivity index (χ2n) is 4.90. The van der Waals surface area contributed by atoms with Gasteiger partial charge in [-0.05, 0) is 57.2 Å². The third kappa shape index (κ3) is 2.14. The van der Waals surface area contributed by atoms with Crippen molar-refractivity contribution in [1.29, 1.82) is 0 Å². The molecule has 3 nitrogen and oxygen atoms in total. The number of aryl methyl sites for hydroxylation is 1. The van der Waals surface area contributed by atoms with Crippen LogP contribution in [-0.2, 0) is 0 Å². The third-order valence-electron chi connectivity index (χ3n) is 3.24. The van der Waals surface area contributed by atoms with Crippen molar-refractivity contribution in [2.24, 2.45) is 0 Å². The van der Waals surface area contributed by atoms with Gasteiger partial charge in [-0.1, -0.05) is 0 Å². The lowest BCUT2D eigenvalue weighted by Gasteiger charge is -2.14. The number of nitrogens with one attached hydrogen (secondary N) is 1. The lowest BCUT2D eigenvalue weighted by atomic mass is 9.96. The maximum atomic E-state index is 9.63. The number of benzene rings is 1. The van der Waals surface area contributed by atoms with Crippen LogP contribution in [0.15, 0.2) is 12.1 Å². The fraction of sp³-hybridized carbons (Fsp3) is 0.538. The van der Waals surface area contributed by atoms with Crippen LogP contribution in [0.5, 0.6) is 5.75 Å². The first-order valence-corrected chi connectivity index (χ1v) is 5.80. The molecule has 0 aliphatic carbocycles. The normalized spacial score (nSPS) is 18.6. The van der Waals surface area contributed by atoms with E-state index in [9.17, 15) is 5.11 Å². The Morgan fingerprint density at radius 3 is 2.88 bits per heavy atom. The summed E-state index contributed by atoms with van der Waals surface area (Å²) in [5, 5.41) is 13.1. The number of rotatable bonds is 3. The van der Waals surface area contributed by atoms with Gasteiger partial charge in [-0.2, -0.15) is 0 Å². The Balaban J connectivity index is 2.19. The number of nitrogens with zero attached hydrogens (tertiary/aromatic N) is 1. The molecule has 0 amide bonds. The smallest absolute Gasteiger partial charge is 0.116 e. The summed E-state index contributed by atoms with van der Waals surface area (Å²) in [7, 11) is 4.19. The van der Waals surface area contributed by atoms with Gasteiger partial charge in [-0.15, -0.1) is 0 Å². The highest BCUT2D eigenvalue weighted by Gasteiger charge is 2.23. The number of hydrogen-bond acceptors (Lipinski definition) is 3. The highest BCUT2D eigenvalue weighted by molar-refractivity contribution is 5.64. The largest absolute Gasteiger partial charge is 0.508 e. The van der Waals surface area contributed by atoms with Crippen molar-refractivity contribution in [2.75, 3.05) is 32.5 Å². The van der Waals surface area contributed by atoms with E-state index in [0.29, 0.717) is 11.7 Å². The molecular weight excluding hydrogens is 200 g/mol. The summed E-state index contributed by atoms with van der Waals surface area (Å²) in [6, 6.07) is 3.73. The number of fused-ring (bicyclic) bond motifs is 1. The van der Waals surface area contributed by atoms with E-state index in [4.69, 9.17) is 0 Å². The lowest BCUT2D eigenvalue weighted by molar-refractivity contribution is 0.385. The molecule has 1 atom stereocenters. The Labute approximate surface area is 97.1 Å². The van der Waals surface area contributed by atoms with Crippen molar-refractivity contribution in [3.05, 3.63) is 23.3 Å². The van der Waals surface area contributed by atoms with E-state index < -0.39 is 0 Å². The number of anilines is 1. The van der Waals surface area contributed by atoms with Gasteiger partial charge in [0.1, 0.15) is 5.75 Å². The molecule has 16 heavy (non-hydrogen) atoms. The summed E-state index contributed by atoms with van der Waals surface area (Å²) in [6.07, 6.45) is 1.13. The minimum atomic E-state index is 0.384. The Morgan fingerprint density at radius 2 is 2.19 bits per heavy atom. The number of phenolic OH excluding ortho intramolecular Hbond substituents is 1. The van der Waals surface area contributed by atoms with E-state index in [2.05, 4.69) is 24.3 Å². The molecule has 1 aliphatic heterocycles. The van der Waals surface area contributed by atoms with E-state index >= 15 is 0 Å². The molecule has 2 rings (SSSR count). The predicted molar refractivity (Wildman–Crippen MR) is 67.2 cm³/mol. The second-order valence-corrected chi connectivity index (χ2v) is 4.90. The highest BCUT2D eigenvalue weighted by Crippen LogP contribution is 2.38. The van der Waals surface area contributed by atoms with Gasteiger partial charge in [-0.25, -0.2) is 0 Å². The van der Waals surface area contributed by atoms with Crippen molar-refractivity contribution in [3.63, 3.8) is 0 Å². The summed E-state index contributed by atoms with van der Waals surface area (Å²) in [6.45, 7) is 4.12. The number of aromatic hydroxyl groups is 1. The van der Waals surface area contributed by atoms with Crippen molar-refractivity contribution in [1.82, 2.24) is 4.90 Å².